The minimum absolute atomic E-state index is 0.790. The van der Waals surface area contributed by atoms with Crippen molar-refractivity contribution in [3.63, 3.8) is 0 Å². The summed E-state index contributed by atoms with van der Waals surface area (Å²) < 4.78 is 71.6. The lowest BCUT2D eigenvalue weighted by Gasteiger charge is -2.52. The van der Waals surface area contributed by atoms with Gasteiger partial charge in [0.05, 0.1) is 38.6 Å². The lowest BCUT2D eigenvalue weighted by atomic mass is 9.93. The van der Waals surface area contributed by atoms with E-state index in [1.54, 1.807) is 0 Å². The van der Waals surface area contributed by atoms with Crippen molar-refractivity contribution in [3.8, 4) is 0 Å². The van der Waals surface area contributed by atoms with E-state index in [4.69, 9.17) is 56.8 Å². The van der Waals surface area contributed by atoms with Crippen LogP contribution in [0.25, 0.3) is 0 Å². The minimum Gasteiger partial charge on any atom is -0.479 e. The largest absolute Gasteiger partial charge is 0.479 e. The number of carbonyl (C=O) groups excluding carboxylic acids is 3. The first-order valence-corrected chi connectivity index (χ1v) is 23.9. The van der Waals surface area contributed by atoms with Crippen LogP contribution in [0.5, 0.6) is 0 Å². The second kappa shape index (κ2) is 24.9. The smallest absolute Gasteiger partial charge is 0.335 e. The molecule has 0 aliphatic carbocycles. The highest BCUT2D eigenvalue weighted by molar-refractivity contribution is 5.74. The van der Waals surface area contributed by atoms with Gasteiger partial charge in [-0.15, -0.1) is 0 Å². The normalized spacial score (nSPS) is 49.8. The lowest BCUT2D eigenvalue weighted by molar-refractivity contribution is -0.396. The van der Waals surface area contributed by atoms with Crippen LogP contribution >= 0.6 is 0 Å². The molecular weight excluding hydrogens is 1030 g/mol. The molecule has 33 heteroatoms. The summed E-state index contributed by atoms with van der Waals surface area (Å²) in [6.45, 7) is 0.185. The summed E-state index contributed by atoms with van der Waals surface area (Å²) in [5.74, 6) is -4.46. The van der Waals surface area contributed by atoms with E-state index >= 15 is 0 Å². The molecule has 17 N–H and O–H groups in total. The number of ether oxygens (including phenoxy) is 12. The van der Waals surface area contributed by atoms with Crippen LogP contribution in [0.4, 0.5) is 0 Å². The molecule has 8 aliphatic heterocycles. The molecule has 0 aromatic rings. The Morgan fingerprint density at radius 3 is 1.19 bits per heavy atom. The number of rotatable bonds is 8. The van der Waals surface area contributed by atoms with Gasteiger partial charge >= 0.3 is 5.97 Å². The van der Waals surface area contributed by atoms with E-state index < -0.39 is 234 Å². The quantitative estimate of drug-likeness (QED) is 0.107. The fourth-order valence-electron chi connectivity index (χ4n) is 10.0. The van der Waals surface area contributed by atoms with Gasteiger partial charge in [-0.05, 0) is 6.92 Å². The van der Waals surface area contributed by atoms with Gasteiger partial charge in [0.15, 0.2) is 43.8 Å². The van der Waals surface area contributed by atoms with E-state index in [9.17, 15) is 90.7 Å². The Labute approximate surface area is 424 Å². The van der Waals surface area contributed by atoms with Gasteiger partial charge in [0, 0.05) is 20.8 Å². The van der Waals surface area contributed by atoms with Crippen LogP contribution in [-0.2, 0) is 76.0 Å². The molecule has 0 unspecified atom stereocenters. The van der Waals surface area contributed by atoms with Crippen LogP contribution in [0.1, 0.15) is 27.7 Å². The molecule has 3 amide bonds. The molecular formula is C42H67N3O30. The topological polar surface area (TPSA) is 498 Å². The molecule has 430 valence electrons. The van der Waals surface area contributed by atoms with E-state index in [1.807, 2.05) is 0 Å². The summed E-state index contributed by atoms with van der Waals surface area (Å²) >= 11 is 0. The van der Waals surface area contributed by atoms with Gasteiger partial charge in [0.2, 0.25) is 17.7 Å². The van der Waals surface area contributed by atoms with Crippen molar-refractivity contribution < 1.29 is 148 Å². The maximum absolute atomic E-state index is 13.1. The first kappa shape index (κ1) is 59.5. The average molecular weight is 1090 g/mol. The van der Waals surface area contributed by atoms with Gasteiger partial charge in [-0.25, -0.2) is 4.79 Å². The first-order chi connectivity index (χ1) is 35.4. The Kier molecular flexibility index (Phi) is 19.8. The monoisotopic (exact) mass is 1090 g/mol. The van der Waals surface area contributed by atoms with Gasteiger partial charge in [-0.3, -0.25) is 14.4 Å². The van der Waals surface area contributed by atoms with Crippen molar-refractivity contribution in [2.75, 3.05) is 26.4 Å². The van der Waals surface area contributed by atoms with E-state index in [0.717, 1.165) is 20.8 Å². The third kappa shape index (κ3) is 12.4. The summed E-state index contributed by atoms with van der Waals surface area (Å²) in [4.78, 5) is 51.8. The summed E-state index contributed by atoms with van der Waals surface area (Å²) in [5.41, 5.74) is 0. The predicted molar refractivity (Wildman–Crippen MR) is 230 cm³/mol. The van der Waals surface area contributed by atoms with Gasteiger partial charge in [-0.1, -0.05) is 0 Å². The van der Waals surface area contributed by atoms with Crippen molar-refractivity contribution in [2.45, 2.75) is 212 Å². The maximum Gasteiger partial charge on any atom is 0.335 e. The van der Waals surface area contributed by atoms with Gasteiger partial charge in [0.1, 0.15) is 128 Å². The number of carboxylic acid groups (broad SMARTS) is 1. The van der Waals surface area contributed by atoms with Crippen molar-refractivity contribution in [1.82, 2.24) is 16.0 Å². The lowest BCUT2D eigenvalue weighted by Crippen LogP contribution is -2.72. The summed E-state index contributed by atoms with van der Waals surface area (Å²) in [7, 11) is 0. The second-order valence-electron chi connectivity index (χ2n) is 19.1. The fourth-order valence-corrected chi connectivity index (χ4v) is 10.0. The molecule has 0 radical (unpaired) electrons. The molecule has 8 aliphatic rings. The highest BCUT2D eigenvalue weighted by Gasteiger charge is 2.60. The zero-order valence-corrected chi connectivity index (χ0v) is 40.4. The van der Waals surface area contributed by atoms with Crippen LogP contribution in [-0.4, -0.2) is 306 Å². The van der Waals surface area contributed by atoms with Crippen LogP contribution in [0, 0.1) is 0 Å². The fraction of sp³-hybridized carbons (Fsp3) is 0.905. The third-order valence-electron chi connectivity index (χ3n) is 13.8. The Morgan fingerprint density at radius 2 is 0.707 bits per heavy atom. The Balaban J connectivity index is 1.41. The zero-order chi connectivity index (χ0) is 55.1. The molecule has 8 fully saturated rings. The second-order valence-corrected chi connectivity index (χ2v) is 19.1. The third-order valence-corrected chi connectivity index (χ3v) is 13.8. The summed E-state index contributed by atoms with van der Waals surface area (Å²) in [5, 5.41) is 163. The molecule has 8 bridgehead atoms. The zero-order valence-electron chi connectivity index (χ0n) is 40.4. The van der Waals surface area contributed by atoms with E-state index in [-0.39, 0.29) is 0 Å². The number of aliphatic hydroxyl groups excluding tert-OH is 13. The Hall–Kier alpha value is -3.12. The van der Waals surface area contributed by atoms with Crippen molar-refractivity contribution in [2.24, 2.45) is 0 Å². The van der Waals surface area contributed by atoms with Gasteiger partial charge < -0.3 is 144 Å². The Bertz CT molecular complexity index is 1950. The molecule has 8 rings (SSSR count). The molecule has 75 heavy (non-hydrogen) atoms. The molecule has 0 saturated carbocycles. The standard InChI is InChI=1S/C42H67N3O30/c1-9-20(53)17(43-10(2)50)31-41(64-9)69-29-19(45-12(4)52)38(66-15(7-48)22(29)55)73-33-26(59)27(60)39(75-35(33)36(62)63)72-32-24(57)16(8-49)67-40(28(32)61)74-34-25(58)21(54)13(5-46)68-42(34)70-30-18(44-11(3)51)37(71-31)65-14(6-47)23(30)56/h9,13-35,37-42,46-49,53-61H,5-8H2,1-4H3,(H,43,50)(H,44,51)(H,45,52)(H,62,63)/t9-,13-,14-,15-,16-,17+,18-,19-,20+,21-,22-,23-,24-,25+,26-,27-,28+,29-,30-,31-,32+,33+,34+,35+,37+,38-,39-,40-,41+,42+/m1/s1. The maximum atomic E-state index is 13.1. The molecule has 0 spiro atoms. The molecule has 8 heterocycles. The number of carbonyl (C=O) groups is 4. The number of amides is 3. The molecule has 0 aromatic carbocycles. The van der Waals surface area contributed by atoms with E-state index in [2.05, 4.69) is 16.0 Å². The number of fused-ring (bicyclic) bond motifs is 2. The predicted octanol–water partition coefficient (Wildman–Crippen LogP) is -11.5. The van der Waals surface area contributed by atoms with Crippen molar-refractivity contribution >= 4 is 23.7 Å². The van der Waals surface area contributed by atoms with Crippen LogP contribution < -0.4 is 16.0 Å². The highest BCUT2D eigenvalue weighted by Crippen LogP contribution is 2.39. The molecule has 8 saturated heterocycles. The average Bonchev–Trinajstić information content (AvgIpc) is 3.35. The van der Waals surface area contributed by atoms with Gasteiger partial charge in [0.25, 0.3) is 0 Å². The van der Waals surface area contributed by atoms with Gasteiger partial charge in [-0.2, -0.15) is 0 Å². The first-order valence-electron chi connectivity index (χ1n) is 23.9. The Morgan fingerprint density at radius 1 is 0.347 bits per heavy atom. The minimum atomic E-state index is -2.40. The van der Waals surface area contributed by atoms with Crippen LogP contribution in [0.15, 0.2) is 0 Å². The van der Waals surface area contributed by atoms with Crippen LogP contribution in [0.2, 0.25) is 0 Å². The van der Waals surface area contributed by atoms with Crippen LogP contribution in [0.3, 0.4) is 0 Å². The molecule has 0 aromatic heterocycles. The number of carboxylic acids is 1. The summed E-state index contributed by atoms with van der Waals surface area (Å²) in [6, 6.07) is -5.29. The number of nitrogens with one attached hydrogen (secondary N) is 3. The highest BCUT2D eigenvalue weighted by atomic mass is 16.8. The number of hydrogen-bond acceptors (Lipinski definition) is 29. The number of hydrogen-bond donors (Lipinski definition) is 17. The van der Waals surface area contributed by atoms with E-state index in [1.165, 1.54) is 6.92 Å². The number of aliphatic carboxylic acids is 1. The molecule has 33 nitrogen and oxygen atoms in total. The molecule has 30 atom stereocenters. The van der Waals surface area contributed by atoms with E-state index in [0.29, 0.717) is 0 Å². The van der Waals surface area contributed by atoms with Crippen molar-refractivity contribution in [3.05, 3.63) is 0 Å². The summed E-state index contributed by atoms with van der Waals surface area (Å²) in [6.07, 6.45) is -55.1. The SMILES string of the molecule is CC(=O)N[C@H]1[C@@H](O)[C@@H](C)O[C@H]2O[C@H]3[C@H](O)[C@@H](CO)O[C@H](O[C@H]4[C@H](O)[C@@H](O)[C@H](O[C@@H]5[C@H](O)[C@@H](O[C@@H]6[C@H](O[C@H]7[C@H](O)[C@@H](CO)O[C@@H](O[C@@H]21)[C@@H]7NC(C)=O)O[C@H](CO)[C@@H](O)[C@@H]6O)O[C@H](CO)[C@H]5O)O[C@@H]4C(=O)O)[C@@H]3NC(C)=O. The number of aliphatic hydroxyl groups is 13. The van der Waals surface area contributed by atoms with Crippen molar-refractivity contribution in [1.29, 1.82) is 0 Å².